The first-order chi connectivity index (χ1) is 7.65. The zero-order valence-corrected chi connectivity index (χ0v) is 11.1. The van der Waals surface area contributed by atoms with E-state index >= 15 is 0 Å². The van der Waals surface area contributed by atoms with Crippen molar-refractivity contribution in [2.75, 3.05) is 39.8 Å². The summed E-state index contributed by atoms with van der Waals surface area (Å²) in [5.41, 5.74) is 0. The number of likely N-dealkylation sites (N-methyl/N-ethyl adjacent to an activating group) is 1. The smallest absolute Gasteiger partial charge is 0.0192 e. The van der Waals surface area contributed by atoms with Gasteiger partial charge in [0.25, 0.3) is 0 Å². The van der Waals surface area contributed by atoms with Gasteiger partial charge in [0.05, 0.1) is 0 Å². The fourth-order valence-corrected chi connectivity index (χ4v) is 2.45. The van der Waals surface area contributed by atoms with Crippen LogP contribution in [0.5, 0.6) is 0 Å². The van der Waals surface area contributed by atoms with E-state index in [0.29, 0.717) is 0 Å². The van der Waals surface area contributed by atoms with Gasteiger partial charge >= 0.3 is 0 Å². The third-order valence-corrected chi connectivity index (χ3v) is 3.95. The van der Waals surface area contributed by atoms with Crippen molar-refractivity contribution in [1.82, 2.24) is 15.1 Å². The highest BCUT2D eigenvalue weighted by Crippen LogP contribution is 2.19. The standard InChI is InChI=1S/C13H27N3/c1-11(8-14-13-4-5-13)9-16-7-6-15(3)12(2)10-16/h11-14H,4-10H2,1-3H3. The minimum absolute atomic E-state index is 0.720. The quantitative estimate of drug-likeness (QED) is 0.753. The molecule has 2 atom stereocenters. The zero-order chi connectivity index (χ0) is 11.5. The summed E-state index contributed by atoms with van der Waals surface area (Å²) in [5.74, 6) is 0.788. The molecule has 1 N–H and O–H groups in total. The largest absolute Gasteiger partial charge is 0.314 e. The topological polar surface area (TPSA) is 18.5 Å². The molecule has 0 aromatic rings. The van der Waals surface area contributed by atoms with Crippen LogP contribution >= 0.6 is 0 Å². The Balaban J connectivity index is 1.63. The Hall–Kier alpha value is -0.120. The molecule has 2 fully saturated rings. The van der Waals surface area contributed by atoms with E-state index in [1.807, 2.05) is 0 Å². The molecule has 0 spiro atoms. The van der Waals surface area contributed by atoms with Crippen molar-refractivity contribution in [2.45, 2.75) is 38.8 Å². The molecule has 3 nitrogen and oxygen atoms in total. The van der Waals surface area contributed by atoms with E-state index in [4.69, 9.17) is 0 Å². The molecule has 0 amide bonds. The van der Waals surface area contributed by atoms with Gasteiger partial charge in [-0.25, -0.2) is 0 Å². The van der Waals surface area contributed by atoms with E-state index in [1.165, 1.54) is 45.6 Å². The van der Waals surface area contributed by atoms with Gasteiger partial charge in [0.15, 0.2) is 0 Å². The van der Waals surface area contributed by atoms with Crippen LogP contribution in [-0.4, -0.2) is 61.7 Å². The zero-order valence-electron chi connectivity index (χ0n) is 11.1. The van der Waals surface area contributed by atoms with Crippen LogP contribution in [0.2, 0.25) is 0 Å². The minimum atomic E-state index is 0.720. The average molecular weight is 225 g/mol. The van der Waals surface area contributed by atoms with Crippen LogP contribution in [0, 0.1) is 5.92 Å². The fourth-order valence-electron chi connectivity index (χ4n) is 2.45. The number of rotatable bonds is 5. The van der Waals surface area contributed by atoms with Crippen molar-refractivity contribution in [3.63, 3.8) is 0 Å². The second-order valence-corrected chi connectivity index (χ2v) is 5.88. The summed E-state index contributed by atoms with van der Waals surface area (Å²) in [6, 6.07) is 1.58. The third-order valence-electron chi connectivity index (χ3n) is 3.95. The molecular formula is C13H27N3. The number of nitrogens with one attached hydrogen (secondary N) is 1. The predicted octanol–water partition coefficient (Wildman–Crippen LogP) is 1.01. The molecule has 0 aromatic carbocycles. The minimum Gasteiger partial charge on any atom is -0.314 e. The molecule has 0 aromatic heterocycles. The molecule has 1 aliphatic carbocycles. The molecule has 3 heteroatoms. The van der Waals surface area contributed by atoms with Crippen LogP contribution in [0.25, 0.3) is 0 Å². The molecule has 1 saturated heterocycles. The monoisotopic (exact) mass is 225 g/mol. The van der Waals surface area contributed by atoms with Crippen LogP contribution in [0.3, 0.4) is 0 Å². The number of hydrogen-bond acceptors (Lipinski definition) is 3. The lowest BCUT2D eigenvalue weighted by Gasteiger charge is -2.38. The Morgan fingerprint density at radius 3 is 2.69 bits per heavy atom. The molecule has 2 aliphatic rings. The maximum Gasteiger partial charge on any atom is 0.0192 e. The second kappa shape index (κ2) is 5.48. The number of piperazine rings is 1. The maximum atomic E-state index is 3.63. The van der Waals surface area contributed by atoms with Crippen molar-refractivity contribution in [2.24, 2.45) is 5.92 Å². The predicted molar refractivity (Wildman–Crippen MR) is 68.7 cm³/mol. The SMILES string of the molecule is CC(CNC1CC1)CN1CCN(C)C(C)C1. The Bertz CT molecular complexity index is 215. The van der Waals surface area contributed by atoms with Crippen LogP contribution in [0.1, 0.15) is 26.7 Å². The molecule has 2 rings (SSSR count). The number of hydrogen-bond donors (Lipinski definition) is 1. The molecule has 2 unspecified atom stereocenters. The first-order valence-corrected chi connectivity index (χ1v) is 6.81. The lowest BCUT2D eigenvalue weighted by Crippen LogP contribution is -2.51. The summed E-state index contributed by atoms with van der Waals surface area (Å²) >= 11 is 0. The van der Waals surface area contributed by atoms with E-state index in [-0.39, 0.29) is 0 Å². The molecule has 0 radical (unpaired) electrons. The first-order valence-electron chi connectivity index (χ1n) is 6.81. The summed E-state index contributed by atoms with van der Waals surface area (Å²) < 4.78 is 0. The van der Waals surface area contributed by atoms with Crippen molar-refractivity contribution in [1.29, 1.82) is 0 Å². The van der Waals surface area contributed by atoms with Gasteiger partial charge in [-0.15, -0.1) is 0 Å². The highest BCUT2D eigenvalue weighted by Gasteiger charge is 2.23. The Morgan fingerprint density at radius 1 is 1.31 bits per heavy atom. The summed E-state index contributed by atoms with van der Waals surface area (Å²) in [4.78, 5) is 5.09. The van der Waals surface area contributed by atoms with Crippen LogP contribution in [0.4, 0.5) is 0 Å². The molecule has 94 valence electrons. The molecule has 1 aliphatic heterocycles. The van der Waals surface area contributed by atoms with Gasteiger partial charge in [0, 0.05) is 38.3 Å². The van der Waals surface area contributed by atoms with Crippen LogP contribution < -0.4 is 5.32 Å². The fraction of sp³-hybridized carbons (Fsp3) is 1.00. The van der Waals surface area contributed by atoms with Gasteiger partial charge in [-0.2, -0.15) is 0 Å². The molecule has 1 saturated carbocycles. The van der Waals surface area contributed by atoms with Crippen molar-refractivity contribution >= 4 is 0 Å². The van der Waals surface area contributed by atoms with E-state index in [2.05, 4.69) is 36.0 Å². The summed E-state index contributed by atoms with van der Waals surface area (Å²) in [6.45, 7) is 10.9. The lowest BCUT2D eigenvalue weighted by atomic mass is 10.1. The second-order valence-electron chi connectivity index (χ2n) is 5.88. The third kappa shape index (κ3) is 3.72. The molecule has 16 heavy (non-hydrogen) atoms. The summed E-state index contributed by atoms with van der Waals surface area (Å²) in [7, 11) is 2.24. The molecule has 1 heterocycles. The van der Waals surface area contributed by atoms with Crippen molar-refractivity contribution in [3.8, 4) is 0 Å². The average Bonchev–Trinajstić information content (AvgIpc) is 3.04. The van der Waals surface area contributed by atoms with Gasteiger partial charge in [0.2, 0.25) is 0 Å². The maximum absolute atomic E-state index is 3.63. The molecular weight excluding hydrogens is 198 g/mol. The van der Waals surface area contributed by atoms with Gasteiger partial charge < -0.3 is 15.1 Å². The summed E-state index contributed by atoms with van der Waals surface area (Å²) in [6.07, 6.45) is 2.80. The van der Waals surface area contributed by atoms with E-state index in [9.17, 15) is 0 Å². The first kappa shape index (κ1) is 12.3. The van der Waals surface area contributed by atoms with Crippen molar-refractivity contribution < 1.29 is 0 Å². The van der Waals surface area contributed by atoms with Gasteiger partial charge in [-0.1, -0.05) is 6.92 Å². The lowest BCUT2D eigenvalue weighted by molar-refractivity contribution is 0.0941. The Morgan fingerprint density at radius 2 is 2.06 bits per heavy atom. The van der Waals surface area contributed by atoms with Gasteiger partial charge in [-0.05, 0) is 39.3 Å². The van der Waals surface area contributed by atoms with Crippen molar-refractivity contribution in [3.05, 3.63) is 0 Å². The highest BCUT2D eigenvalue weighted by atomic mass is 15.3. The van der Waals surface area contributed by atoms with Crippen LogP contribution in [0.15, 0.2) is 0 Å². The van der Waals surface area contributed by atoms with E-state index < -0.39 is 0 Å². The van der Waals surface area contributed by atoms with E-state index in [1.54, 1.807) is 0 Å². The van der Waals surface area contributed by atoms with E-state index in [0.717, 1.165) is 18.0 Å². The van der Waals surface area contributed by atoms with Gasteiger partial charge in [0.1, 0.15) is 0 Å². The molecule has 0 bridgehead atoms. The van der Waals surface area contributed by atoms with Crippen LogP contribution in [-0.2, 0) is 0 Å². The van der Waals surface area contributed by atoms with Gasteiger partial charge in [-0.3, -0.25) is 0 Å². The Labute approximate surface area is 100 Å². The number of nitrogens with zero attached hydrogens (tertiary/aromatic N) is 2. The Kier molecular flexibility index (Phi) is 4.22. The normalized spacial score (nSPS) is 30.6. The summed E-state index contributed by atoms with van der Waals surface area (Å²) in [5, 5.41) is 3.63. The highest BCUT2D eigenvalue weighted by molar-refractivity contribution is 4.83.